The second kappa shape index (κ2) is 8.28. The summed E-state index contributed by atoms with van der Waals surface area (Å²) in [6, 6.07) is 12.7. The smallest absolute Gasteiger partial charge is 0.341 e. The van der Waals surface area contributed by atoms with Crippen LogP contribution in [0.1, 0.15) is 15.9 Å². The van der Waals surface area contributed by atoms with Crippen molar-refractivity contribution in [1.29, 1.82) is 0 Å². The Hall–Kier alpha value is -3.19. The molecule has 0 radical (unpaired) electrons. The number of aromatic nitrogens is 1. The first kappa shape index (κ1) is 20.1. The van der Waals surface area contributed by atoms with Crippen molar-refractivity contribution in [3.8, 4) is 0 Å². The van der Waals surface area contributed by atoms with E-state index in [1.54, 1.807) is 10.6 Å². The van der Waals surface area contributed by atoms with Gasteiger partial charge in [-0.2, -0.15) is 0 Å². The van der Waals surface area contributed by atoms with Gasteiger partial charge in [-0.1, -0.05) is 30.3 Å². The highest BCUT2D eigenvalue weighted by atomic mass is 19.1. The number of likely N-dealkylation sites (N-methyl/N-ethyl adjacent to an activating group) is 1. The lowest BCUT2D eigenvalue weighted by Gasteiger charge is -2.34. The van der Waals surface area contributed by atoms with E-state index in [-0.39, 0.29) is 10.9 Å². The van der Waals surface area contributed by atoms with Gasteiger partial charge in [0.25, 0.3) is 0 Å². The van der Waals surface area contributed by atoms with Crippen LogP contribution in [0.5, 0.6) is 0 Å². The van der Waals surface area contributed by atoms with Gasteiger partial charge in [0.15, 0.2) is 0 Å². The second-order valence-electron chi connectivity index (χ2n) is 7.72. The third-order valence-corrected chi connectivity index (χ3v) is 5.71. The van der Waals surface area contributed by atoms with Crippen molar-refractivity contribution in [3.05, 3.63) is 75.8 Å². The standard InChI is InChI=1S/C23H24FN3O3/c1-25-9-11-26(12-10-25)21-14-20-17(13-19(21)24)22(28)18(23(29)30)15-27(20)8-7-16-5-3-2-4-6-16/h2-6,13-15H,7-12H2,1H3,(H,29,30). The number of halogens is 1. The number of pyridine rings is 1. The maximum atomic E-state index is 14.9. The molecule has 1 fully saturated rings. The van der Waals surface area contributed by atoms with Crippen molar-refractivity contribution in [3.63, 3.8) is 0 Å². The Bertz CT molecular complexity index is 1140. The van der Waals surface area contributed by atoms with Crippen molar-refractivity contribution in [2.75, 3.05) is 38.1 Å². The zero-order valence-corrected chi connectivity index (χ0v) is 16.8. The molecule has 0 bridgehead atoms. The highest BCUT2D eigenvalue weighted by Crippen LogP contribution is 2.26. The Balaban J connectivity index is 1.80. The summed E-state index contributed by atoms with van der Waals surface area (Å²) in [5.41, 5.74) is 1.10. The third kappa shape index (κ3) is 3.93. The summed E-state index contributed by atoms with van der Waals surface area (Å²) >= 11 is 0. The Morgan fingerprint density at radius 3 is 2.47 bits per heavy atom. The Labute approximate surface area is 173 Å². The lowest BCUT2D eigenvalue weighted by molar-refractivity contribution is 0.0695. The third-order valence-electron chi connectivity index (χ3n) is 5.71. The monoisotopic (exact) mass is 409 g/mol. The molecule has 1 aliphatic heterocycles. The Kier molecular flexibility index (Phi) is 5.55. The molecule has 1 N–H and O–H groups in total. The molecule has 0 amide bonds. The number of anilines is 1. The van der Waals surface area contributed by atoms with Gasteiger partial charge in [0.2, 0.25) is 5.43 Å². The van der Waals surface area contributed by atoms with Crippen LogP contribution in [0, 0.1) is 5.82 Å². The number of benzene rings is 2. The van der Waals surface area contributed by atoms with E-state index < -0.39 is 17.2 Å². The number of carbonyl (C=O) groups is 1. The van der Waals surface area contributed by atoms with Gasteiger partial charge in [0.05, 0.1) is 11.2 Å². The predicted octanol–water partition coefficient (Wildman–Crippen LogP) is 2.83. The molecule has 6 nitrogen and oxygen atoms in total. The fraction of sp³-hybridized carbons (Fsp3) is 0.304. The average Bonchev–Trinajstić information content (AvgIpc) is 2.74. The minimum absolute atomic E-state index is 0.0957. The number of carboxylic acids is 1. The molecular weight excluding hydrogens is 385 g/mol. The molecule has 0 spiro atoms. The molecule has 2 aromatic carbocycles. The van der Waals surface area contributed by atoms with Crippen LogP contribution in [0.15, 0.2) is 53.5 Å². The van der Waals surface area contributed by atoms with Crippen molar-refractivity contribution in [1.82, 2.24) is 9.47 Å². The van der Waals surface area contributed by atoms with Gasteiger partial charge in [0.1, 0.15) is 11.4 Å². The van der Waals surface area contributed by atoms with E-state index in [0.29, 0.717) is 37.3 Å². The number of carboxylic acid groups (broad SMARTS) is 1. The first-order valence-electron chi connectivity index (χ1n) is 10.0. The molecule has 0 aliphatic carbocycles. The van der Waals surface area contributed by atoms with Gasteiger partial charge in [-0.05, 0) is 31.2 Å². The average molecular weight is 409 g/mol. The van der Waals surface area contributed by atoms with Crippen LogP contribution < -0.4 is 10.3 Å². The molecule has 30 heavy (non-hydrogen) atoms. The van der Waals surface area contributed by atoms with Crippen molar-refractivity contribution in [2.45, 2.75) is 13.0 Å². The summed E-state index contributed by atoms with van der Waals surface area (Å²) in [4.78, 5) is 28.5. The van der Waals surface area contributed by atoms with E-state index >= 15 is 0 Å². The molecule has 1 aromatic heterocycles. The SMILES string of the molecule is CN1CCN(c2cc3c(cc2F)c(=O)c(C(=O)O)cn3CCc2ccccc2)CC1. The Morgan fingerprint density at radius 2 is 1.80 bits per heavy atom. The van der Waals surface area contributed by atoms with Gasteiger partial charge in [-0.15, -0.1) is 0 Å². The van der Waals surface area contributed by atoms with Crippen LogP contribution in [0.2, 0.25) is 0 Å². The van der Waals surface area contributed by atoms with Crippen molar-refractivity contribution in [2.24, 2.45) is 0 Å². The van der Waals surface area contributed by atoms with E-state index in [9.17, 15) is 19.1 Å². The van der Waals surface area contributed by atoms with E-state index in [2.05, 4.69) is 4.90 Å². The molecule has 7 heteroatoms. The number of hydrogen-bond acceptors (Lipinski definition) is 4. The van der Waals surface area contributed by atoms with Gasteiger partial charge in [-0.3, -0.25) is 4.79 Å². The number of aromatic carboxylic acids is 1. The van der Waals surface area contributed by atoms with Crippen molar-refractivity contribution >= 4 is 22.6 Å². The minimum Gasteiger partial charge on any atom is -0.477 e. The summed E-state index contributed by atoms with van der Waals surface area (Å²) in [6.07, 6.45) is 2.04. The lowest BCUT2D eigenvalue weighted by Crippen LogP contribution is -2.44. The van der Waals surface area contributed by atoms with Gasteiger partial charge < -0.3 is 19.5 Å². The highest BCUT2D eigenvalue weighted by molar-refractivity contribution is 5.93. The number of aryl methyl sites for hydroxylation is 2. The molecule has 156 valence electrons. The summed E-state index contributed by atoms with van der Waals surface area (Å²) < 4.78 is 16.7. The van der Waals surface area contributed by atoms with Crippen LogP contribution in [-0.4, -0.2) is 53.8 Å². The largest absolute Gasteiger partial charge is 0.477 e. The number of fused-ring (bicyclic) bond motifs is 1. The van der Waals surface area contributed by atoms with Crippen molar-refractivity contribution < 1.29 is 14.3 Å². The maximum absolute atomic E-state index is 14.9. The number of hydrogen-bond donors (Lipinski definition) is 1. The van der Waals surface area contributed by atoms with Crippen LogP contribution >= 0.6 is 0 Å². The van der Waals surface area contributed by atoms with E-state index in [1.165, 1.54) is 12.3 Å². The predicted molar refractivity (Wildman–Crippen MR) is 115 cm³/mol. The molecule has 4 rings (SSSR count). The first-order chi connectivity index (χ1) is 14.4. The molecule has 0 unspecified atom stereocenters. The van der Waals surface area contributed by atoms with Crippen LogP contribution in [0.4, 0.5) is 10.1 Å². The Morgan fingerprint density at radius 1 is 1.10 bits per heavy atom. The van der Waals surface area contributed by atoms with E-state index in [1.807, 2.05) is 42.3 Å². The van der Waals surface area contributed by atoms with Gasteiger partial charge >= 0.3 is 5.97 Å². The molecule has 2 heterocycles. The topological polar surface area (TPSA) is 65.8 Å². The van der Waals surface area contributed by atoms with Crippen LogP contribution in [0.3, 0.4) is 0 Å². The fourth-order valence-corrected chi connectivity index (χ4v) is 3.92. The second-order valence-corrected chi connectivity index (χ2v) is 7.72. The zero-order chi connectivity index (χ0) is 21.3. The number of rotatable bonds is 5. The number of nitrogens with zero attached hydrogens (tertiary/aromatic N) is 3. The summed E-state index contributed by atoms with van der Waals surface area (Å²) in [7, 11) is 2.03. The summed E-state index contributed by atoms with van der Waals surface area (Å²) in [6.45, 7) is 3.53. The molecule has 1 aliphatic rings. The first-order valence-corrected chi connectivity index (χ1v) is 10.0. The summed E-state index contributed by atoms with van der Waals surface area (Å²) in [5.74, 6) is -1.81. The minimum atomic E-state index is -1.31. The van der Waals surface area contributed by atoms with Gasteiger partial charge in [-0.25, -0.2) is 9.18 Å². The molecule has 0 saturated carbocycles. The maximum Gasteiger partial charge on any atom is 0.341 e. The molecule has 3 aromatic rings. The van der Waals surface area contributed by atoms with E-state index in [4.69, 9.17) is 0 Å². The summed E-state index contributed by atoms with van der Waals surface area (Å²) in [5, 5.41) is 9.56. The number of piperazine rings is 1. The van der Waals surface area contributed by atoms with Gasteiger partial charge in [0, 0.05) is 44.3 Å². The van der Waals surface area contributed by atoms with Crippen LogP contribution in [-0.2, 0) is 13.0 Å². The fourth-order valence-electron chi connectivity index (χ4n) is 3.92. The zero-order valence-electron chi connectivity index (χ0n) is 16.8. The molecule has 1 saturated heterocycles. The quantitative estimate of drug-likeness (QED) is 0.702. The highest BCUT2D eigenvalue weighted by Gasteiger charge is 2.21. The lowest BCUT2D eigenvalue weighted by atomic mass is 10.1. The normalized spacial score (nSPS) is 14.9. The van der Waals surface area contributed by atoms with Crippen LogP contribution in [0.25, 0.3) is 10.9 Å². The molecular formula is C23H24FN3O3. The van der Waals surface area contributed by atoms with E-state index in [0.717, 1.165) is 18.7 Å². The molecule has 0 atom stereocenters.